The smallest absolute Gasteiger partial charge is 0.311 e. The highest BCUT2D eigenvalue weighted by molar-refractivity contribution is 5.57. The molecule has 1 unspecified atom stereocenters. The summed E-state index contributed by atoms with van der Waals surface area (Å²) < 4.78 is 55.3. The summed E-state index contributed by atoms with van der Waals surface area (Å²) in [6.45, 7) is 3.39. The molecule has 0 bridgehead atoms. The molecule has 3 heterocycles. The molecule has 0 saturated heterocycles. The molecule has 0 aliphatic carbocycles. The number of nitrogens with zero attached hydrogens (tertiary/aromatic N) is 4. The third-order valence-corrected chi connectivity index (χ3v) is 5.54. The Balaban J connectivity index is 1.86. The Kier molecular flexibility index (Phi) is 4.74. The fourth-order valence-electron chi connectivity index (χ4n) is 4.07. The average molecular weight is 421 g/mol. The van der Waals surface area contributed by atoms with Crippen molar-refractivity contribution in [1.29, 1.82) is 0 Å². The standard InChI is InChI=1S/C20H19F4N5O/c1-11-25-15(10-17(30)26-11)18-16-5-3-4-8-19(2,29(16)28-27-18)13-7-6-12(9-14(13)21)20(22,23)24/h6-7,9-10H,3-5,8H2,1-2H3,(H,25,26,30). The SMILES string of the molecule is Cc1nc(-c2nnn3c2CCCCC3(C)c2ccc(C(F)(F)F)cc2F)cc(=O)[nH]1. The summed E-state index contributed by atoms with van der Waals surface area (Å²) in [5, 5.41) is 8.41. The predicted octanol–water partition coefficient (Wildman–Crippen LogP) is 3.98. The monoisotopic (exact) mass is 421 g/mol. The van der Waals surface area contributed by atoms with Gasteiger partial charge in [0.2, 0.25) is 0 Å². The minimum Gasteiger partial charge on any atom is -0.311 e. The van der Waals surface area contributed by atoms with E-state index in [9.17, 15) is 22.4 Å². The van der Waals surface area contributed by atoms with Gasteiger partial charge in [0, 0.05) is 11.6 Å². The number of hydrogen-bond donors (Lipinski definition) is 1. The number of alkyl halides is 3. The van der Waals surface area contributed by atoms with Gasteiger partial charge in [-0.3, -0.25) is 4.79 Å². The lowest BCUT2D eigenvalue weighted by Crippen LogP contribution is -2.34. The Morgan fingerprint density at radius 1 is 1.20 bits per heavy atom. The van der Waals surface area contributed by atoms with Crippen LogP contribution in [0.3, 0.4) is 0 Å². The first kappa shape index (κ1) is 20.2. The van der Waals surface area contributed by atoms with Crippen LogP contribution in [0.5, 0.6) is 0 Å². The zero-order chi connectivity index (χ0) is 21.7. The second-order valence-electron chi connectivity index (χ2n) is 7.69. The van der Waals surface area contributed by atoms with Crippen molar-refractivity contribution < 1.29 is 17.6 Å². The van der Waals surface area contributed by atoms with Crippen molar-refractivity contribution in [2.75, 3.05) is 0 Å². The summed E-state index contributed by atoms with van der Waals surface area (Å²) >= 11 is 0. The van der Waals surface area contributed by atoms with Crippen LogP contribution in [0.25, 0.3) is 11.4 Å². The van der Waals surface area contributed by atoms with Gasteiger partial charge in [0.1, 0.15) is 23.0 Å². The Hall–Kier alpha value is -3.04. The number of fused-ring (bicyclic) bond motifs is 1. The molecule has 2 aromatic heterocycles. The fraction of sp³-hybridized carbons (Fsp3) is 0.400. The van der Waals surface area contributed by atoms with E-state index in [1.54, 1.807) is 18.5 Å². The van der Waals surface area contributed by atoms with Crippen molar-refractivity contribution in [1.82, 2.24) is 25.0 Å². The molecule has 0 spiro atoms. The van der Waals surface area contributed by atoms with Gasteiger partial charge in [-0.05, 0) is 45.2 Å². The van der Waals surface area contributed by atoms with Crippen molar-refractivity contribution >= 4 is 0 Å². The molecule has 10 heteroatoms. The Bertz CT molecular complexity index is 1170. The van der Waals surface area contributed by atoms with E-state index < -0.39 is 23.1 Å². The van der Waals surface area contributed by atoms with Crippen LogP contribution in [-0.2, 0) is 18.1 Å². The molecule has 6 nitrogen and oxygen atoms in total. The summed E-state index contributed by atoms with van der Waals surface area (Å²) in [5.74, 6) is -0.522. The molecule has 1 aliphatic heterocycles. The lowest BCUT2D eigenvalue weighted by Gasteiger charge is -2.31. The number of halogens is 4. The molecule has 30 heavy (non-hydrogen) atoms. The van der Waals surface area contributed by atoms with Crippen molar-refractivity contribution in [3.63, 3.8) is 0 Å². The summed E-state index contributed by atoms with van der Waals surface area (Å²) in [5.41, 5.74) is -0.828. The second kappa shape index (κ2) is 7.03. The minimum absolute atomic E-state index is 0.116. The van der Waals surface area contributed by atoms with Gasteiger partial charge < -0.3 is 4.98 Å². The molecule has 1 aliphatic rings. The average Bonchev–Trinajstić information content (AvgIpc) is 3.01. The van der Waals surface area contributed by atoms with Crippen LogP contribution in [0.1, 0.15) is 48.8 Å². The summed E-state index contributed by atoms with van der Waals surface area (Å²) in [6.07, 6.45) is -2.08. The highest BCUT2D eigenvalue weighted by atomic mass is 19.4. The minimum atomic E-state index is -4.63. The number of rotatable bonds is 2. The van der Waals surface area contributed by atoms with Crippen LogP contribution >= 0.6 is 0 Å². The molecule has 158 valence electrons. The fourth-order valence-corrected chi connectivity index (χ4v) is 4.07. The van der Waals surface area contributed by atoms with Crippen LogP contribution in [0.4, 0.5) is 17.6 Å². The van der Waals surface area contributed by atoms with Crippen LogP contribution < -0.4 is 5.56 Å². The third kappa shape index (κ3) is 3.40. The summed E-state index contributed by atoms with van der Waals surface area (Å²) in [7, 11) is 0. The molecule has 1 aromatic carbocycles. The van der Waals surface area contributed by atoms with Gasteiger partial charge in [0.15, 0.2) is 0 Å². The lowest BCUT2D eigenvalue weighted by molar-refractivity contribution is -0.137. The Morgan fingerprint density at radius 2 is 1.97 bits per heavy atom. The van der Waals surface area contributed by atoms with Crippen molar-refractivity contribution in [2.45, 2.75) is 51.2 Å². The van der Waals surface area contributed by atoms with Gasteiger partial charge in [-0.15, -0.1) is 5.10 Å². The van der Waals surface area contributed by atoms with E-state index in [0.29, 0.717) is 41.8 Å². The molecular weight excluding hydrogens is 402 g/mol. The highest BCUT2D eigenvalue weighted by Gasteiger charge is 2.39. The van der Waals surface area contributed by atoms with E-state index in [-0.39, 0.29) is 11.1 Å². The number of hydrogen-bond acceptors (Lipinski definition) is 4. The normalized spacial score (nSPS) is 19.4. The summed E-state index contributed by atoms with van der Waals surface area (Å²) in [6, 6.07) is 3.89. The third-order valence-electron chi connectivity index (χ3n) is 5.54. The van der Waals surface area contributed by atoms with E-state index in [2.05, 4.69) is 20.3 Å². The molecule has 3 aromatic rings. The molecule has 0 radical (unpaired) electrons. The first-order chi connectivity index (χ1) is 14.1. The lowest BCUT2D eigenvalue weighted by atomic mass is 9.86. The highest BCUT2D eigenvalue weighted by Crippen LogP contribution is 2.40. The van der Waals surface area contributed by atoms with Crippen molar-refractivity contribution in [2.24, 2.45) is 0 Å². The Morgan fingerprint density at radius 3 is 2.63 bits per heavy atom. The number of nitrogens with one attached hydrogen (secondary N) is 1. The van der Waals surface area contributed by atoms with E-state index in [0.717, 1.165) is 18.9 Å². The first-order valence-electron chi connectivity index (χ1n) is 9.50. The van der Waals surface area contributed by atoms with Crippen molar-refractivity contribution in [3.8, 4) is 11.4 Å². The van der Waals surface area contributed by atoms with Gasteiger partial charge in [0.05, 0.1) is 16.8 Å². The maximum absolute atomic E-state index is 14.9. The topological polar surface area (TPSA) is 76.5 Å². The maximum atomic E-state index is 14.9. The quantitative estimate of drug-likeness (QED) is 0.635. The van der Waals surface area contributed by atoms with Crippen LogP contribution in [0, 0.1) is 12.7 Å². The van der Waals surface area contributed by atoms with E-state index in [1.807, 2.05) is 0 Å². The predicted molar refractivity (Wildman–Crippen MR) is 100 cm³/mol. The second-order valence-corrected chi connectivity index (χ2v) is 7.69. The van der Waals surface area contributed by atoms with Crippen molar-refractivity contribution in [3.05, 3.63) is 63.1 Å². The first-order valence-corrected chi connectivity index (χ1v) is 9.50. The number of aryl methyl sites for hydroxylation is 1. The number of H-pyrrole nitrogens is 1. The number of aromatic nitrogens is 5. The zero-order valence-electron chi connectivity index (χ0n) is 16.3. The van der Waals surface area contributed by atoms with Crippen LogP contribution in [0.2, 0.25) is 0 Å². The molecule has 1 atom stereocenters. The van der Waals surface area contributed by atoms with Crippen LogP contribution in [0.15, 0.2) is 29.1 Å². The molecule has 4 rings (SSSR count). The largest absolute Gasteiger partial charge is 0.416 e. The van der Waals surface area contributed by atoms with E-state index in [1.165, 1.54) is 12.1 Å². The van der Waals surface area contributed by atoms with Gasteiger partial charge >= 0.3 is 6.18 Å². The summed E-state index contributed by atoms with van der Waals surface area (Å²) in [4.78, 5) is 18.7. The van der Waals surface area contributed by atoms with E-state index >= 15 is 0 Å². The zero-order valence-corrected chi connectivity index (χ0v) is 16.3. The number of benzene rings is 1. The Labute approximate surface area is 169 Å². The molecule has 0 amide bonds. The van der Waals surface area contributed by atoms with Gasteiger partial charge in [-0.2, -0.15) is 13.2 Å². The molecule has 0 saturated carbocycles. The van der Waals surface area contributed by atoms with Gasteiger partial charge in [0.25, 0.3) is 5.56 Å². The van der Waals surface area contributed by atoms with Crippen LogP contribution in [-0.4, -0.2) is 25.0 Å². The molecular formula is C20H19F4N5O. The van der Waals surface area contributed by atoms with Gasteiger partial charge in [-0.25, -0.2) is 14.1 Å². The van der Waals surface area contributed by atoms with E-state index in [4.69, 9.17) is 0 Å². The molecule has 1 N–H and O–H groups in total. The van der Waals surface area contributed by atoms with Gasteiger partial charge in [-0.1, -0.05) is 17.7 Å². The maximum Gasteiger partial charge on any atom is 0.416 e. The molecule has 0 fully saturated rings. The number of aromatic amines is 1.